The summed E-state index contributed by atoms with van der Waals surface area (Å²) in [5.74, 6) is 0.221. The van der Waals surface area contributed by atoms with Crippen LogP contribution in [0, 0.1) is 5.92 Å². The molecule has 2 amide bonds. The second-order valence-corrected chi connectivity index (χ2v) is 2.47. The third kappa shape index (κ3) is 1.88. The Morgan fingerprint density at radius 2 is 2.40 bits per heavy atom. The van der Waals surface area contributed by atoms with Crippen LogP contribution in [0.4, 0.5) is 4.79 Å². The summed E-state index contributed by atoms with van der Waals surface area (Å²) in [7, 11) is 0. The Morgan fingerprint density at radius 3 is 3.10 bits per heavy atom. The first kappa shape index (κ1) is 7.34. The van der Waals surface area contributed by atoms with Crippen molar-refractivity contribution >= 4 is 6.03 Å². The van der Waals surface area contributed by atoms with Crippen LogP contribution in [0.5, 0.6) is 0 Å². The van der Waals surface area contributed by atoms with Crippen molar-refractivity contribution in [2.75, 3.05) is 19.7 Å². The Hall–Kier alpha value is -0.770. The van der Waals surface area contributed by atoms with Gasteiger partial charge in [-0.05, 0) is 6.42 Å². The zero-order valence-electron chi connectivity index (χ0n) is 5.76. The Morgan fingerprint density at radius 1 is 1.60 bits per heavy atom. The van der Waals surface area contributed by atoms with E-state index in [1.54, 1.807) is 0 Å². The zero-order chi connectivity index (χ0) is 7.40. The van der Waals surface area contributed by atoms with E-state index < -0.39 is 0 Å². The van der Waals surface area contributed by atoms with Crippen LogP contribution in [0.25, 0.3) is 0 Å². The van der Waals surface area contributed by atoms with Crippen LogP contribution in [0.3, 0.4) is 0 Å². The Labute approximate surface area is 59.6 Å². The summed E-state index contributed by atoms with van der Waals surface area (Å²) in [6, 6.07) is -0.129. The fraction of sp³-hybridized carbons (Fsp3) is 0.833. The molecule has 3 N–H and O–H groups in total. The van der Waals surface area contributed by atoms with Gasteiger partial charge in [0.25, 0.3) is 0 Å². The van der Waals surface area contributed by atoms with Crippen LogP contribution in [0.1, 0.15) is 6.42 Å². The van der Waals surface area contributed by atoms with Gasteiger partial charge in [-0.3, -0.25) is 0 Å². The van der Waals surface area contributed by atoms with Gasteiger partial charge in [-0.25, -0.2) is 4.79 Å². The number of rotatable bonds is 1. The van der Waals surface area contributed by atoms with Crippen LogP contribution in [-0.2, 0) is 0 Å². The summed E-state index contributed by atoms with van der Waals surface area (Å²) in [5, 5.41) is 14.0. The Bertz CT molecular complexity index is 127. The smallest absolute Gasteiger partial charge is 0.314 e. The molecule has 58 valence electrons. The molecule has 0 spiro atoms. The predicted octanol–water partition coefficient (Wildman–Crippen LogP) is -0.702. The normalized spacial score (nSPS) is 26.5. The lowest BCUT2D eigenvalue weighted by Crippen LogP contribution is -2.34. The molecule has 1 aliphatic rings. The number of nitrogens with one attached hydrogen (secondary N) is 2. The van der Waals surface area contributed by atoms with Crippen LogP contribution in [-0.4, -0.2) is 30.8 Å². The molecular formula is C6H12N2O2. The van der Waals surface area contributed by atoms with Crippen LogP contribution >= 0.6 is 0 Å². The monoisotopic (exact) mass is 144 g/mol. The second-order valence-electron chi connectivity index (χ2n) is 2.47. The number of hydrogen-bond donors (Lipinski definition) is 3. The highest BCUT2D eigenvalue weighted by atomic mass is 16.3. The molecule has 10 heavy (non-hydrogen) atoms. The van der Waals surface area contributed by atoms with Crippen molar-refractivity contribution in [3.63, 3.8) is 0 Å². The molecule has 1 heterocycles. The van der Waals surface area contributed by atoms with Gasteiger partial charge >= 0.3 is 6.03 Å². The molecule has 1 atom stereocenters. The van der Waals surface area contributed by atoms with Gasteiger partial charge < -0.3 is 15.7 Å². The average molecular weight is 144 g/mol. The average Bonchev–Trinajstić information content (AvgIpc) is 2.14. The molecule has 0 radical (unpaired) electrons. The molecule has 0 aromatic rings. The topological polar surface area (TPSA) is 61.4 Å². The van der Waals surface area contributed by atoms with Gasteiger partial charge in [-0.1, -0.05) is 0 Å². The van der Waals surface area contributed by atoms with E-state index in [0.29, 0.717) is 13.1 Å². The molecule has 0 bridgehead atoms. The van der Waals surface area contributed by atoms with Crippen molar-refractivity contribution in [1.82, 2.24) is 10.6 Å². The molecule has 1 fully saturated rings. The number of carbonyl (C=O) groups is 1. The van der Waals surface area contributed by atoms with E-state index in [1.165, 1.54) is 0 Å². The predicted molar refractivity (Wildman–Crippen MR) is 36.6 cm³/mol. The number of carbonyl (C=O) groups excluding carboxylic acids is 1. The van der Waals surface area contributed by atoms with Gasteiger partial charge in [0.15, 0.2) is 0 Å². The highest BCUT2D eigenvalue weighted by Crippen LogP contribution is 2.00. The Balaban J connectivity index is 2.33. The minimum Gasteiger partial charge on any atom is -0.396 e. The molecule has 0 aliphatic carbocycles. The molecule has 1 rings (SSSR count). The lowest BCUT2D eigenvalue weighted by Gasteiger charge is -2.07. The van der Waals surface area contributed by atoms with E-state index in [9.17, 15) is 4.79 Å². The molecule has 0 aromatic carbocycles. The van der Waals surface area contributed by atoms with Crippen molar-refractivity contribution in [2.24, 2.45) is 5.92 Å². The van der Waals surface area contributed by atoms with Gasteiger partial charge in [0.2, 0.25) is 0 Å². The quantitative estimate of drug-likeness (QED) is 0.455. The van der Waals surface area contributed by atoms with Crippen LogP contribution in [0.15, 0.2) is 0 Å². The van der Waals surface area contributed by atoms with E-state index in [1.807, 2.05) is 0 Å². The maximum atomic E-state index is 10.6. The van der Waals surface area contributed by atoms with E-state index in [0.717, 1.165) is 6.42 Å². The van der Waals surface area contributed by atoms with Crippen molar-refractivity contribution < 1.29 is 9.90 Å². The standard InChI is InChI=1S/C6H12N2O2/c9-4-5-1-2-7-6(10)8-3-5/h5,9H,1-4H2,(H2,7,8,10). The molecule has 4 heteroatoms. The SMILES string of the molecule is O=C1NCCC(CO)CN1. The summed E-state index contributed by atoms with van der Waals surface area (Å²) in [5.41, 5.74) is 0. The van der Waals surface area contributed by atoms with E-state index in [-0.39, 0.29) is 18.6 Å². The lowest BCUT2D eigenvalue weighted by molar-refractivity contribution is 0.220. The largest absolute Gasteiger partial charge is 0.396 e. The van der Waals surface area contributed by atoms with Crippen molar-refractivity contribution in [2.45, 2.75) is 6.42 Å². The first-order valence-corrected chi connectivity index (χ1v) is 3.45. The molecule has 0 aromatic heterocycles. The Kier molecular flexibility index (Phi) is 2.50. The number of amides is 2. The van der Waals surface area contributed by atoms with Gasteiger partial charge in [-0.2, -0.15) is 0 Å². The fourth-order valence-electron chi connectivity index (χ4n) is 0.947. The van der Waals surface area contributed by atoms with Crippen molar-refractivity contribution in [1.29, 1.82) is 0 Å². The third-order valence-corrected chi connectivity index (χ3v) is 1.65. The number of aliphatic hydroxyl groups is 1. The molecule has 0 saturated carbocycles. The minimum absolute atomic E-state index is 0.129. The van der Waals surface area contributed by atoms with E-state index in [4.69, 9.17) is 5.11 Å². The summed E-state index contributed by atoms with van der Waals surface area (Å²) in [4.78, 5) is 10.6. The summed E-state index contributed by atoms with van der Waals surface area (Å²) in [6.45, 7) is 1.40. The maximum absolute atomic E-state index is 10.6. The summed E-state index contributed by atoms with van der Waals surface area (Å²) < 4.78 is 0. The van der Waals surface area contributed by atoms with Crippen molar-refractivity contribution in [3.8, 4) is 0 Å². The van der Waals surface area contributed by atoms with Gasteiger partial charge in [0.05, 0.1) is 0 Å². The zero-order valence-corrected chi connectivity index (χ0v) is 5.76. The van der Waals surface area contributed by atoms with Gasteiger partial charge in [0.1, 0.15) is 0 Å². The molecule has 1 saturated heterocycles. The minimum atomic E-state index is -0.129. The fourth-order valence-corrected chi connectivity index (χ4v) is 0.947. The first-order valence-electron chi connectivity index (χ1n) is 3.45. The lowest BCUT2D eigenvalue weighted by atomic mass is 10.1. The van der Waals surface area contributed by atoms with Crippen LogP contribution < -0.4 is 10.6 Å². The number of hydrogen-bond acceptors (Lipinski definition) is 2. The highest BCUT2D eigenvalue weighted by Gasteiger charge is 2.12. The highest BCUT2D eigenvalue weighted by molar-refractivity contribution is 5.73. The first-order chi connectivity index (χ1) is 4.83. The maximum Gasteiger partial charge on any atom is 0.314 e. The summed E-state index contributed by atoms with van der Waals surface area (Å²) >= 11 is 0. The van der Waals surface area contributed by atoms with E-state index >= 15 is 0 Å². The molecular weight excluding hydrogens is 132 g/mol. The van der Waals surface area contributed by atoms with Gasteiger partial charge in [0, 0.05) is 25.6 Å². The summed E-state index contributed by atoms with van der Waals surface area (Å²) in [6.07, 6.45) is 0.856. The number of aliphatic hydroxyl groups excluding tert-OH is 1. The van der Waals surface area contributed by atoms with Gasteiger partial charge in [-0.15, -0.1) is 0 Å². The van der Waals surface area contributed by atoms with Crippen LogP contribution in [0.2, 0.25) is 0 Å². The number of urea groups is 1. The second kappa shape index (κ2) is 3.41. The third-order valence-electron chi connectivity index (χ3n) is 1.65. The molecule has 4 nitrogen and oxygen atoms in total. The van der Waals surface area contributed by atoms with Crippen molar-refractivity contribution in [3.05, 3.63) is 0 Å². The van der Waals surface area contributed by atoms with E-state index in [2.05, 4.69) is 10.6 Å². The molecule has 1 unspecified atom stereocenters. The molecule has 1 aliphatic heterocycles.